The second-order valence-corrected chi connectivity index (χ2v) is 7.46. The van der Waals surface area contributed by atoms with E-state index >= 15 is 0 Å². The summed E-state index contributed by atoms with van der Waals surface area (Å²) in [4.78, 5) is 0. The molecule has 0 bridgehead atoms. The first-order valence-corrected chi connectivity index (χ1v) is 8.60. The van der Waals surface area contributed by atoms with Crippen molar-refractivity contribution in [2.24, 2.45) is 0 Å². The molecule has 0 saturated heterocycles. The van der Waals surface area contributed by atoms with Crippen LogP contribution in [0.5, 0.6) is 0 Å². The van der Waals surface area contributed by atoms with Crippen molar-refractivity contribution in [1.29, 1.82) is 0 Å². The average molecular weight is 332 g/mol. The molecule has 0 spiro atoms. The van der Waals surface area contributed by atoms with Crippen LogP contribution in [0.15, 0.2) is 60.7 Å². The van der Waals surface area contributed by atoms with E-state index in [2.05, 4.69) is 60.7 Å². The Hall–Kier alpha value is -1.12. The predicted octanol–water partition coefficient (Wildman–Crippen LogP) is 5.43. The summed E-state index contributed by atoms with van der Waals surface area (Å²) in [6.07, 6.45) is 0. The summed E-state index contributed by atoms with van der Waals surface area (Å²) in [5.41, 5.74) is 0. The van der Waals surface area contributed by atoms with Gasteiger partial charge in [0.25, 0.3) is 0 Å². The smallest absolute Gasteiger partial charge is 0.0620 e. The van der Waals surface area contributed by atoms with E-state index in [1.807, 2.05) is 0 Å². The molecule has 2 aromatic carbocycles. The first-order valence-electron chi connectivity index (χ1n) is 5.41. The molecule has 0 saturated carbocycles. The van der Waals surface area contributed by atoms with Gasteiger partial charge in [-0.2, -0.15) is 0 Å². The van der Waals surface area contributed by atoms with Crippen LogP contribution in [0.3, 0.4) is 0 Å². The third-order valence-corrected chi connectivity index (χ3v) is 3.37. The fourth-order valence-electron chi connectivity index (χ4n) is 1.29. The van der Waals surface area contributed by atoms with Gasteiger partial charge in [-0.15, -0.1) is 0 Å². The SMILES string of the molecule is F[P-](F)(F)(F)(F)F.c1ccc([PH2+]c2ccccc2)cc1. The van der Waals surface area contributed by atoms with E-state index in [0.717, 1.165) is 0 Å². The van der Waals surface area contributed by atoms with Gasteiger partial charge in [-0.3, -0.25) is 0 Å². The Balaban J connectivity index is 0.000000246. The summed E-state index contributed by atoms with van der Waals surface area (Å²) in [6, 6.07) is 21.3. The largest absolute Gasteiger partial charge is 0.0942 e. The quantitative estimate of drug-likeness (QED) is 0.508. The van der Waals surface area contributed by atoms with Crippen molar-refractivity contribution in [3.05, 3.63) is 60.7 Å². The van der Waals surface area contributed by atoms with E-state index < -0.39 is 7.81 Å². The maximum atomic E-state index is 9.87. The van der Waals surface area contributed by atoms with E-state index in [1.54, 1.807) is 0 Å². The van der Waals surface area contributed by atoms with Gasteiger partial charge >= 0.3 is 33.0 Å². The molecule has 0 aromatic heterocycles. The van der Waals surface area contributed by atoms with E-state index in [0.29, 0.717) is 0 Å². The Morgan fingerprint density at radius 2 is 0.800 bits per heavy atom. The number of rotatable bonds is 2. The minimum atomic E-state index is -10.7. The summed E-state index contributed by atoms with van der Waals surface area (Å²) in [7, 11) is -10.4. The number of hydrogen-bond donors (Lipinski definition) is 0. The summed E-state index contributed by atoms with van der Waals surface area (Å²) in [5.74, 6) is 0. The summed E-state index contributed by atoms with van der Waals surface area (Å²) in [6.45, 7) is 0. The Bertz CT molecular complexity index is 487. The van der Waals surface area contributed by atoms with Crippen LogP contribution in [0.2, 0.25) is 0 Å². The molecule has 0 unspecified atom stereocenters. The minimum Gasteiger partial charge on any atom is -0.0620 e. The Kier molecular flexibility index (Phi) is 4.52. The molecule has 20 heavy (non-hydrogen) atoms. The molecule has 0 radical (unpaired) electrons. The first kappa shape index (κ1) is 16.9. The molecule has 2 rings (SSSR count). The van der Waals surface area contributed by atoms with E-state index in [1.165, 1.54) is 10.6 Å². The molecule has 0 aliphatic carbocycles. The molecule has 0 heterocycles. The summed E-state index contributed by atoms with van der Waals surface area (Å²) >= 11 is 0. The van der Waals surface area contributed by atoms with Crippen molar-refractivity contribution in [1.82, 2.24) is 0 Å². The second-order valence-electron chi connectivity index (χ2n) is 3.92. The topological polar surface area (TPSA) is 0 Å². The average Bonchev–Trinajstić information content (AvgIpc) is 2.27. The van der Waals surface area contributed by atoms with Crippen LogP contribution in [-0.2, 0) is 0 Å². The van der Waals surface area contributed by atoms with Crippen molar-refractivity contribution in [3.8, 4) is 0 Å². The van der Waals surface area contributed by atoms with Gasteiger partial charge in [0, 0.05) is 0 Å². The standard InChI is InChI=1S/C12H11P.F6P/c1-3-7-11(8-4-1)13-12-9-5-2-6-10-12;1-7(2,3,4,5)6/h1-10,13H;/q;-1/p+1. The zero-order valence-corrected chi connectivity index (χ0v) is 12.1. The van der Waals surface area contributed by atoms with Crippen LogP contribution in [0.4, 0.5) is 25.2 Å². The van der Waals surface area contributed by atoms with Crippen LogP contribution in [0, 0.1) is 0 Å². The third kappa shape index (κ3) is 11.9. The molecule has 0 amide bonds. The molecule has 0 nitrogen and oxygen atoms in total. The molecule has 2 aromatic rings. The van der Waals surface area contributed by atoms with Crippen molar-refractivity contribution < 1.29 is 25.2 Å². The maximum absolute atomic E-state index is 10.7. The second kappa shape index (κ2) is 5.34. The molecule has 0 N–H and O–H groups in total. The van der Waals surface area contributed by atoms with Crippen molar-refractivity contribution in [2.45, 2.75) is 0 Å². The van der Waals surface area contributed by atoms with Gasteiger partial charge in [-0.1, -0.05) is 36.4 Å². The van der Waals surface area contributed by atoms with E-state index in [4.69, 9.17) is 0 Å². The van der Waals surface area contributed by atoms with Crippen LogP contribution in [0.25, 0.3) is 0 Å². The van der Waals surface area contributed by atoms with Crippen LogP contribution >= 0.6 is 16.4 Å². The zero-order chi connectivity index (χ0) is 15.3. The van der Waals surface area contributed by atoms with E-state index in [-0.39, 0.29) is 8.58 Å². The van der Waals surface area contributed by atoms with Crippen LogP contribution in [0.1, 0.15) is 0 Å². The molecule has 112 valence electrons. The molecular weight excluding hydrogens is 320 g/mol. The molecule has 0 fully saturated rings. The molecule has 0 aliphatic rings. The van der Waals surface area contributed by atoms with Crippen LogP contribution < -0.4 is 10.6 Å². The predicted molar refractivity (Wildman–Crippen MR) is 75.4 cm³/mol. The molecule has 0 atom stereocenters. The number of benzene rings is 2. The van der Waals surface area contributed by atoms with Gasteiger partial charge < -0.3 is 0 Å². The fourth-order valence-corrected chi connectivity index (χ4v) is 2.51. The van der Waals surface area contributed by atoms with Gasteiger partial charge in [0.1, 0.15) is 0 Å². The third-order valence-electron chi connectivity index (χ3n) is 1.93. The fraction of sp³-hybridized carbons (Fsp3) is 0. The number of halogens is 6. The van der Waals surface area contributed by atoms with E-state index in [9.17, 15) is 25.2 Å². The molecule has 8 heteroatoms. The summed E-state index contributed by atoms with van der Waals surface area (Å²) in [5, 5.41) is 2.90. The van der Waals surface area contributed by atoms with Gasteiger partial charge in [0.05, 0.1) is 19.2 Å². The molecule has 0 aliphatic heterocycles. The minimum absolute atomic E-state index is 0.271. The normalized spacial score (nSPS) is 14.5. The van der Waals surface area contributed by atoms with Gasteiger partial charge in [-0.25, -0.2) is 0 Å². The van der Waals surface area contributed by atoms with Crippen LogP contribution in [-0.4, -0.2) is 0 Å². The Morgan fingerprint density at radius 3 is 1.05 bits per heavy atom. The first-order chi connectivity index (χ1) is 8.90. The Morgan fingerprint density at radius 1 is 0.550 bits per heavy atom. The van der Waals surface area contributed by atoms with Crippen molar-refractivity contribution >= 4 is 27.0 Å². The van der Waals surface area contributed by atoms with Gasteiger partial charge in [-0.05, 0) is 24.3 Å². The Labute approximate surface area is 113 Å². The maximum Gasteiger partial charge on any atom is 0.0942 e. The van der Waals surface area contributed by atoms with Gasteiger partial charge in [0.15, 0.2) is 0 Å². The molecular formula is C12H12F6P2. The van der Waals surface area contributed by atoms with Gasteiger partial charge in [0.2, 0.25) is 0 Å². The summed E-state index contributed by atoms with van der Waals surface area (Å²) < 4.78 is 59.2. The van der Waals surface area contributed by atoms with Crippen molar-refractivity contribution in [3.63, 3.8) is 0 Å². The van der Waals surface area contributed by atoms with Crippen molar-refractivity contribution in [2.75, 3.05) is 0 Å². The number of hydrogen-bond acceptors (Lipinski definition) is 0. The zero-order valence-electron chi connectivity index (χ0n) is 10.1. The monoisotopic (exact) mass is 332 g/mol.